The lowest BCUT2D eigenvalue weighted by molar-refractivity contribution is -0.126. The quantitative estimate of drug-likeness (QED) is 0.755. The number of carbonyl (C=O) groups is 1. The third kappa shape index (κ3) is 4.23. The second kappa shape index (κ2) is 7.74. The van der Waals surface area contributed by atoms with Crippen LogP contribution in [0.3, 0.4) is 0 Å². The highest BCUT2D eigenvalue weighted by Crippen LogP contribution is 2.29. The van der Waals surface area contributed by atoms with E-state index < -0.39 is 0 Å². The maximum atomic E-state index is 12.5. The summed E-state index contributed by atoms with van der Waals surface area (Å²) in [6.45, 7) is 5.43. The number of thiophene rings is 1. The molecule has 2 aromatic rings. The Kier molecular flexibility index (Phi) is 5.43. The lowest BCUT2D eigenvalue weighted by Gasteiger charge is -2.25. The van der Waals surface area contributed by atoms with Crippen molar-refractivity contribution in [2.45, 2.75) is 32.9 Å². The predicted octanol–water partition coefficient (Wildman–Crippen LogP) is 4.14. The normalized spacial score (nSPS) is 14.0. The molecule has 1 aromatic carbocycles. The summed E-state index contributed by atoms with van der Waals surface area (Å²) in [5, 5.41) is 2.10. The second-order valence-corrected chi connectivity index (χ2v) is 7.29. The van der Waals surface area contributed by atoms with E-state index in [4.69, 9.17) is 9.47 Å². The Morgan fingerprint density at radius 1 is 1.28 bits per heavy atom. The lowest BCUT2D eigenvalue weighted by atomic mass is 10.1. The first-order valence-corrected chi connectivity index (χ1v) is 9.31. The minimum Gasteiger partial charge on any atom is -0.493 e. The van der Waals surface area contributed by atoms with E-state index in [1.54, 1.807) is 24.5 Å². The molecule has 25 heavy (non-hydrogen) atoms. The highest BCUT2D eigenvalue weighted by atomic mass is 32.1. The Hall–Kier alpha value is -2.27. The molecule has 0 fully saturated rings. The number of hydrogen-bond acceptors (Lipinski definition) is 4. The van der Waals surface area contributed by atoms with Gasteiger partial charge < -0.3 is 14.4 Å². The molecule has 3 rings (SSSR count). The topological polar surface area (TPSA) is 38.8 Å². The summed E-state index contributed by atoms with van der Waals surface area (Å²) >= 11 is 1.78. The molecule has 0 saturated carbocycles. The summed E-state index contributed by atoms with van der Waals surface area (Å²) in [6, 6.07) is 7.80. The summed E-state index contributed by atoms with van der Waals surface area (Å²) in [4.78, 5) is 15.7. The molecule has 1 amide bonds. The summed E-state index contributed by atoms with van der Waals surface area (Å²) in [5.41, 5.74) is 2.18. The number of fused-ring (bicyclic) bond motifs is 1. The first-order chi connectivity index (χ1) is 12.1. The zero-order valence-electron chi connectivity index (χ0n) is 14.8. The van der Waals surface area contributed by atoms with Crippen molar-refractivity contribution in [3.05, 3.63) is 51.7 Å². The van der Waals surface area contributed by atoms with E-state index >= 15 is 0 Å². The van der Waals surface area contributed by atoms with Crippen LogP contribution in [-0.4, -0.2) is 30.6 Å². The van der Waals surface area contributed by atoms with E-state index in [1.807, 2.05) is 43.0 Å². The van der Waals surface area contributed by atoms with Crippen molar-refractivity contribution in [1.82, 2.24) is 4.90 Å². The largest absolute Gasteiger partial charge is 0.493 e. The number of ether oxygens (including phenoxy) is 2. The van der Waals surface area contributed by atoms with Crippen LogP contribution in [-0.2, 0) is 17.8 Å². The van der Waals surface area contributed by atoms with Crippen molar-refractivity contribution in [3.8, 4) is 11.5 Å². The fourth-order valence-electron chi connectivity index (χ4n) is 2.85. The van der Waals surface area contributed by atoms with Crippen LogP contribution < -0.4 is 9.47 Å². The summed E-state index contributed by atoms with van der Waals surface area (Å²) in [5.74, 6) is 1.42. The van der Waals surface area contributed by atoms with Gasteiger partial charge in [-0.15, -0.1) is 11.3 Å². The standard InChI is InChI=1S/C20H23NO3S/c1-14(2)24-17-6-4-15(12-18(17)23-3)5-7-20(22)21-10-8-19-16(13-21)9-11-25-19/h4-7,9,11-12,14H,8,10,13H2,1-3H3/b7-5+. The zero-order valence-corrected chi connectivity index (χ0v) is 15.6. The molecule has 0 N–H and O–H groups in total. The first-order valence-electron chi connectivity index (χ1n) is 8.43. The van der Waals surface area contributed by atoms with E-state index in [0.29, 0.717) is 18.0 Å². The summed E-state index contributed by atoms with van der Waals surface area (Å²) < 4.78 is 11.1. The van der Waals surface area contributed by atoms with Gasteiger partial charge in [-0.25, -0.2) is 0 Å². The monoisotopic (exact) mass is 357 g/mol. The van der Waals surface area contributed by atoms with E-state index in [2.05, 4.69) is 11.4 Å². The van der Waals surface area contributed by atoms with Gasteiger partial charge in [0.05, 0.1) is 13.2 Å². The molecule has 2 heterocycles. The van der Waals surface area contributed by atoms with Crippen LogP contribution in [0.15, 0.2) is 35.7 Å². The summed E-state index contributed by atoms with van der Waals surface area (Å²) in [7, 11) is 1.62. The number of hydrogen-bond donors (Lipinski definition) is 0. The predicted molar refractivity (Wildman–Crippen MR) is 101 cm³/mol. The third-order valence-corrected chi connectivity index (χ3v) is 5.11. The molecule has 0 aliphatic carbocycles. The first kappa shape index (κ1) is 17.5. The second-order valence-electron chi connectivity index (χ2n) is 6.29. The molecule has 1 aromatic heterocycles. The van der Waals surface area contributed by atoms with Gasteiger partial charge in [-0.05, 0) is 61.1 Å². The van der Waals surface area contributed by atoms with Crippen LogP contribution in [0.4, 0.5) is 0 Å². The van der Waals surface area contributed by atoms with E-state index in [9.17, 15) is 4.79 Å². The number of rotatable bonds is 5. The molecular formula is C20H23NO3S. The van der Waals surface area contributed by atoms with Gasteiger partial charge in [-0.2, -0.15) is 0 Å². The van der Waals surface area contributed by atoms with Crippen LogP contribution in [0.5, 0.6) is 11.5 Å². The molecule has 132 valence electrons. The smallest absolute Gasteiger partial charge is 0.246 e. The number of methoxy groups -OCH3 is 1. The molecule has 0 bridgehead atoms. The van der Waals surface area contributed by atoms with Gasteiger partial charge in [0.2, 0.25) is 5.91 Å². The van der Waals surface area contributed by atoms with Gasteiger partial charge in [0, 0.05) is 24.0 Å². The van der Waals surface area contributed by atoms with Gasteiger partial charge >= 0.3 is 0 Å². The summed E-state index contributed by atoms with van der Waals surface area (Å²) in [6.07, 6.45) is 4.49. The minimum atomic E-state index is 0.0401. The number of benzene rings is 1. The fourth-order valence-corrected chi connectivity index (χ4v) is 3.74. The average molecular weight is 357 g/mol. The van der Waals surface area contributed by atoms with Crippen molar-refractivity contribution < 1.29 is 14.3 Å². The van der Waals surface area contributed by atoms with Crippen molar-refractivity contribution in [2.75, 3.05) is 13.7 Å². The Balaban J connectivity index is 1.68. The van der Waals surface area contributed by atoms with Gasteiger partial charge in [0.15, 0.2) is 11.5 Å². The fraction of sp³-hybridized carbons (Fsp3) is 0.350. The Morgan fingerprint density at radius 3 is 2.88 bits per heavy atom. The maximum absolute atomic E-state index is 12.5. The van der Waals surface area contributed by atoms with Crippen LogP contribution in [0.25, 0.3) is 6.08 Å². The van der Waals surface area contributed by atoms with Gasteiger partial charge in [0.25, 0.3) is 0 Å². The Bertz CT molecular complexity index is 779. The molecule has 5 heteroatoms. The van der Waals surface area contributed by atoms with Crippen LogP contribution in [0.1, 0.15) is 29.9 Å². The number of carbonyl (C=O) groups excluding carboxylic acids is 1. The van der Waals surface area contributed by atoms with Crippen LogP contribution in [0, 0.1) is 0 Å². The minimum absolute atomic E-state index is 0.0401. The number of nitrogens with zero attached hydrogens (tertiary/aromatic N) is 1. The molecule has 0 unspecified atom stereocenters. The maximum Gasteiger partial charge on any atom is 0.246 e. The average Bonchev–Trinajstić information content (AvgIpc) is 3.07. The molecule has 0 saturated heterocycles. The van der Waals surface area contributed by atoms with E-state index in [-0.39, 0.29) is 12.0 Å². The number of amides is 1. The van der Waals surface area contributed by atoms with Gasteiger partial charge in [-0.3, -0.25) is 4.79 Å². The zero-order chi connectivity index (χ0) is 17.8. The van der Waals surface area contributed by atoms with E-state index in [0.717, 1.165) is 18.5 Å². The highest BCUT2D eigenvalue weighted by Gasteiger charge is 2.19. The molecule has 0 atom stereocenters. The molecule has 4 nitrogen and oxygen atoms in total. The Morgan fingerprint density at radius 2 is 2.12 bits per heavy atom. The van der Waals surface area contributed by atoms with Crippen molar-refractivity contribution >= 4 is 23.3 Å². The van der Waals surface area contributed by atoms with Gasteiger partial charge in [0.1, 0.15) is 0 Å². The molecule has 1 aliphatic rings. The van der Waals surface area contributed by atoms with E-state index in [1.165, 1.54) is 10.4 Å². The van der Waals surface area contributed by atoms with Crippen molar-refractivity contribution in [3.63, 3.8) is 0 Å². The van der Waals surface area contributed by atoms with Crippen molar-refractivity contribution in [1.29, 1.82) is 0 Å². The molecule has 0 spiro atoms. The molecular weight excluding hydrogens is 334 g/mol. The van der Waals surface area contributed by atoms with Crippen LogP contribution >= 0.6 is 11.3 Å². The molecule has 0 radical (unpaired) electrons. The highest BCUT2D eigenvalue weighted by molar-refractivity contribution is 7.10. The van der Waals surface area contributed by atoms with Crippen LogP contribution in [0.2, 0.25) is 0 Å². The lowest BCUT2D eigenvalue weighted by Crippen LogP contribution is -2.34. The van der Waals surface area contributed by atoms with Crippen molar-refractivity contribution in [2.24, 2.45) is 0 Å². The van der Waals surface area contributed by atoms with Gasteiger partial charge in [-0.1, -0.05) is 6.07 Å². The SMILES string of the molecule is COc1cc(/C=C/C(=O)N2CCc3sccc3C2)ccc1OC(C)C. The third-order valence-electron chi connectivity index (χ3n) is 4.09. The molecule has 1 aliphatic heterocycles. The Labute approximate surface area is 152 Å².